The van der Waals surface area contributed by atoms with Crippen molar-refractivity contribution in [3.05, 3.63) is 30.0 Å². The van der Waals surface area contributed by atoms with E-state index in [1.54, 1.807) is 17.1 Å². The molecule has 0 amide bonds. The largest absolute Gasteiger partial charge is 0.388 e. The van der Waals surface area contributed by atoms with E-state index in [4.69, 9.17) is 18.0 Å². The summed E-state index contributed by atoms with van der Waals surface area (Å²) in [6, 6.07) is 0. The molecule has 0 radical (unpaired) electrons. The predicted molar refractivity (Wildman–Crippen MR) is 73.8 cm³/mol. The lowest BCUT2D eigenvalue weighted by Gasteiger charge is -2.04. The van der Waals surface area contributed by atoms with Crippen molar-refractivity contribution in [1.29, 1.82) is 0 Å². The Morgan fingerprint density at radius 1 is 1.44 bits per heavy atom. The molecule has 0 aliphatic rings. The van der Waals surface area contributed by atoms with Crippen molar-refractivity contribution in [2.75, 3.05) is 5.32 Å². The van der Waals surface area contributed by atoms with Crippen LogP contribution in [0.3, 0.4) is 0 Å². The summed E-state index contributed by atoms with van der Waals surface area (Å²) in [6.07, 6.45) is 5.90. The van der Waals surface area contributed by atoms with Crippen molar-refractivity contribution in [2.24, 2.45) is 12.8 Å². The quantitative estimate of drug-likeness (QED) is 0.804. The molecule has 2 aromatic heterocycles. The van der Waals surface area contributed by atoms with Gasteiger partial charge < -0.3 is 11.1 Å². The molecule has 2 heterocycles. The number of hydrogen-bond donors (Lipinski definition) is 2. The number of hydrogen-bond acceptors (Lipinski definition) is 5. The molecule has 2 aromatic rings. The summed E-state index contributed by atoms with van der Waals surface area (Å²) in [6.45, 7) is 2.05. The van der Waals surface area contributed by atoms with Gasteiger partial charge in [0.05, 0.1) is 23.8 Å². The second-order valence-corrected chi connectivity index (χ2v) is 4.23. The van der Waals surface area contributed by atoms with E-state index in [-0.39, 0.29) is 4.99 Å². The van der Waals surface area contributed by atoms with Crippen LogP contribution in [0.1, 0.15) is 18.3 Å². The Labute approximate surface area is 110 Å². The third-order valence-corrected chi connectivity index (χ3v) is 2.62. The molecule has 0 fully saturated rings. The zero-order chi connectivity index (χ0) is 13.1. The lowest BCUT2D eigenvalue weighted by atomic mass is 10.3. The van der Waals surface area contributed by atoms with Crippen LogP contribution in [0.4, 0.5) is 11.5 Å². The molecule has 0 bridgehead atoms. The molecule has 0 atom stereocenters. The van der Waals surface area contributed by atoms with Gasteiger partial charge in [-0.2, -0.15) is 5.10 Å². The van der Waals surface area contributed by atoms with Crippen LogP contribution < -0.4 is 11.1 Å². The van der Waals surface area contributed by atoms with Gasteiger partial charge in [-0.05, 0) is 6.42 Å². The van der Waals surface area contributed by atoms with E-state index < -0.39 is 0 Å². The summed E-state index contributed by atoms with van der Waals surface area (Å²) in [5.41, 5.74) is 7.88. The first-order valence-electron chi connectivity index (χ1n) is 5.51. The molecule has 2 rings (SSSR count). The summed E-state index contributed by atoms with van der Waals surface area (Å²) in [7, 11) is 1.88. The molecule has 3 N–H and O–H groups in total. The first kappa shape index (κ1) is 12.4. The molecular weight excluding hydrogens is 248 g/mol. The van der Waals surface area contributed by atoms with Crippen LogP contribution in [-0.2, 0) is 13.5 Å². The minimum absolute atomic E-state index is 0.240. The molecule has 0 unspecified atom stereocenters. The van der Waals surface area contributed by atoms with Crippen molar-refractivity contribution in [3.8, 4) is 0 Å². The maximum absolute atomic E-state index is 5.46. The van der Waals surface area contributed by atoms with Crippen LogP contribution in [0.25, 0.3) is 0 Å². The molecule has 0 saturated heterocycles. The normalized spacial score (nSPS) is 10.3. The number of nitrogens with zero attached hydrogens (tertiary/aromatic N) is 4. The average Bonchev–Trinajstić information content (AvgIpc) is 2.70. The number of nitrogens with two attached hydrogens (primary N) is 1. The van der Waals surface area contributed by atoms with Gasteiger partial charge in [0, 0.05) is 13.2 Å². The first-order chi connectivity index (χ1) is 8.60. The van der Waals surface area contributed by atoms with Crippen molar-refractivity contribution in [2.45, 2.75) is 13.3 Å². The molecule has 0 aromatic carbocycles. The highest BCUT2D eigenvalue weighted by molar-refractivity contribution is 7.80. The fourth-order valence-corrected chi connectivity index (χ4v) is 1.66. The summed E-state index contributed by atoms with van der Waals surface area (Å²) >= 11 is 4.82. The Hall–Kier alpha value is -2.02. The number of aryl methyl sites for hydroxylation is 2. The Morgan fingerprint density at radius 2 is 2.22 bits per heavy atom. The number of nitrogens with one attached hydrogen (secondary N) is 1. The minimum Gasteiger partial charge on any atom is -0.388 e. The number of anilines is 2. The number of rotatable bonds is 4. The SMILES string of the molecule is CCc1nn(C)cc1Nc1cnc(C(N)=S)cn1. The van der Waals surface area contributed by atoms with Crippen molar-refractivity contribution < 1.29 is 0 Å². The lowest BCUT2D eigenvalue weighted by molar-refractivity contribution is 0.746. The second-order valence-electron chi connectivity index (χ2n) is 3.79. The van der Waals surface area contributed by atoms with Gasteiger partial charge in [-0.1, -0.05) is 19.1 Å². The Morgan fingerprint density at radius 3 is 2.78 bits per heavy atom. The molecule has 0 aliphatic heterocycles. The van der Waals surface area contributed by atoms with Crippen molar-refractivity contribution in [3.63, 3.8) is 0 Å². The van der Waals surface area contributed by atoms with Crippen LogP contribution in [0.15, 0.2) is 18.6 Å². The van der Waals surface area contributed by atoms with Crippen LogP contribution in [-0.4, -0.2) is 24.7 Å². The van der Waals surface area contributed by atoms with Crippen LogP contribution in [0, 0.1) is 0 Å². The fraction of sp³-hybridized carbons (Fsp3) is 0.273. The third-order valence-electron chi connectivity index (χ3n) is 2.41. The monoisotopic (exact) mass is 262 g/mol. The van der Waals surface area contributed by atoms with Crippen LogP contribution in [0.2, 0.25) is 0 Å². The topological polar surface area (TPSA) is 81.7 Å². The molecule has 94 valence electrons. The molecule has 0 spiro atoms. The van der Waals surface area contributed by atoms with Gasteiger partial charge in [0.2, 0.25) is 0 Å². The smallest absolute Gasteiger partial charge is 0.149 e. The lowest BCUT2D eigenvalue weighted by Crippen LogP contribution is -2.12. The Kier molecular flexibility index (Phi) is 3.52. The Balaban J connectivity index is 2.20. The van der Waals surface area contributed by atoms with Gasteiger partial charge >= 0.3 is 0 Å². The van der Waals surface area contributed by atoms with Crippen LogP contribution in [0.5, 0.6) is 0 Å². The van der Waals surface area contributed by atoms with Gasteiger partial charge in [-0.15, -0.1) is 0 Å². The van der Waals surface area contributed by atoms with E-state index in [2.05, 4.69) is 27.3 Å². The first-order valence-corrected chi connectivity index (χ1v) is 5.92. The second kappa shape index (κ2) is 5.09. The summed E-state index contributed by atoms with van der Waals surface area (Å²) in [4.78, 5) is 8.56. The van der Waals surface area contributed by atoms with E-state index in [0.717, 1.165) is 17.8 Å². The molecule has 0 aliphatic carbocycles. The van der Waals surface area contributed by atoms with Gasteiger partial charge in [-0.3, -0.25) is 4.68 Å². The van der Waals surface area contributed by atoms with Crippen molar-refractivity contribution >= 4 is 28.7 Å². The highest BCUT2D eigenvalue weighted by Crippen LogP contribution is 2.18. The van der Waals surface area contributed by atoms with Gasteiger partial charge in [0.25, 0.3) is 0 Å². The summed E-state index contributed by atoms with van der Waals surface area (Å²) in [5.74, 6) is 0.637. The van der Waals surface area contributed by atoms with Crippen LogP contribution >= 0.6 is 12.2 Å². The number of aromatic nitrogens is 4. The molecule has 6 nitrogen and oxygen atoms in total. The summed E-state index contributed by atoms with van der Waals surface area (Å²) < 4.78 is 1.76. The van der Waals surface area contributed by atoms with Gasteiger partial charge in [-0.25, -0.2) is 9.97 Å². The predicted octanol–water partition coefficient (Wildman–Crippen LogP) is 1.15. The molecule has 0 saturated carbocycles. The number of thiocarbonyl (C=S) groups is 1. The maximum atomic E-state index is 5.46. The van der Waals surface area contributed by atoms with E-state index in [1.165, 1.54) is 0 Å². The zero-order valence-corrected chi connectivity index (χ0v) is 11.0. The van der Waals surface area contributed by atoms with Gasteiger partial charge in [0.1, 0.15) is 16.5 Å². The van der Waals surface area contributed by atoms with E-state index >= 15 is 0 Å². The minimum atomic E-state index is 0.240. The molecule has 7 heteroatoms. The van der Waals surface area contributed by atoms with Gasteiger partial charge in [0.15, 0.2) is 0 Å². The zero-order valence-electron chi connectivity index (χ0n) is 10.2. The van der Waals surface area contributed by atoms with E-state index in [0.29, 0.717) is 11.5 Å². The summed E-state index contributed by atoms with van der Waals surface area (Å²) in [5, 5.41) is 7.51. The maximum Gasteiger partial charge on any atom is 0.149 e. The molecule has 18 heavy (non-hydrogen) atoms. The third kappa shape index (κ3) is 2.62. The fourth-order valence-electron chi connectivity index (χ4n) is 1.56. The average molecular weight is 262 g/mol. The van der Waals surface area contributed by atoms with E-state index in [1.807, 2.05) is 13.2 Å². The standard InChI is InChI=1S/C11H14N6S/c1-3-7-9(6-17(2)16-7)15-10-5-13-8(4-14-10)11(12)18/h4-6H,3H2,1-2H3,(H2,12,18)(H,14,15). The van der Waals surface area contributed by atoms with E-state index in [9.17, 15) is 0 Å². The molecular formula is C11H14N6S. The van der Waals surface area contributed by atoms with Crippen molar-refractivity contribution in [1.82, 2.24) is 19.7 Å². The Bertz CT molecular complexity index is 559. The highest BCUT2D eigenvalue weighted by Gasteiger charge is 2.07. The highest BCUT2D eigenvalue weighted by atomic mass is 32.1.